The fourth-order valence-corrected chi connectivity index (χ4v) is 3.95. The minimum atomic E-state index is 1.11. The standard InChI is InChI=1S/C20H20/c1-13-6-5-9-16(13)17-10-11-19-18-8-4-3-7-15(18)12-20(19)14(17)2/h3-4,7-8,10-11H,5-6,9,12H2,1-2H3. The molecule has 0 saturated heterocycles. The summed E-state index contributed by atoms with van der Waals surface area (Å²) in [6, 6.07) is 13.6. The van der Waals surface area contributed by atoms with Crippen molar-refractivity contribution in [3.63, 3.8) is 0 Å². The van der Waals surface area contributed by atoms with Crippen LogP contribution in [0.3, 0.4) is 0 Å². The van der Waals surface area contributed by atoms with E-state index in [1.165, 1.54) is 47.1 Å². The van der Waals surface area contributed by atoms with Gasteiger partial charge >= 0.3 is 0 Å². The number of hydrogen-bond donors (Lipinski definition) is 0. The number of allylic oxidation sites excluding steroid dienone is 2. The van der Waals surface area contributed by atoms with E-state index in [0.717, 1.165) is 6.42 Å². The van der Waals surface area contributed by atoms with E-state index in [4.69, 9.17) is 0 Å². The van der Waals surface area contributed by atoms with Crippen molar-refractivity contribution < 1.29 is 0 Å². The van der Waals surface area contributed by atoms with Gasteiger partial charge in [-0.15, -0.1) is 0 Å². The van der Waals surface area contributed by atoms with Gasteiger partial charge in [0.15, 0.2) is 0 Å². The Kier molecular flexibility index (Phi) is 2.60. The van der Waals surface area contributed by atoms with Crippen molar-refractivity contribution in [2.24, 2.45) is 0 Å². The lowest BCUT2D eigenvalue weighted by molar-refractivity contribution is 0.909. The van der Waals surface area contributed by atoms with Crippen molar-refractivity contribution in [2.75, 3.05) is 0 Å². The third-order valence-corrected chi connectivity index (χ3v) is 5.09. The van der Waals surface area contributed by atoms with Crippen LogP contribution < -0.4 is 0 Å². The van der Waals surface area contributed by atoms with E-state index >= 15 is 0 Å². The summed E-state index contributed by atoms with van der Waals surface area (Å²) >= 11 is 0. The monoisotopic (exact) mass is 260 g/mol. The molecule has 0 N–H and O–H groups in total. The lowest BCUT2D eigenvalue weighted by Gasteiger charge is -2.13. The van der Waals surface area contributed by atoms with Gasteiger partial charge in [-0.3, -0.25) is 0 Å². The molecule has 0 spiro atoms. The average Bonchev–Trinajstić information content (AvgIpc) is 3.04. The van der Waals surface area contributed by atoms with E-state index < -0.39 is 0 Å². The van der Waals surface area contributed by atoms with Crippen molar-refractivity contribution in [2.45, 2.75) is 39.5 Å². The summed E-state index contributed by atoms with van der Waals surface area (Å²) in [5.41, 5.74) is 12.2. The Bertz CT molecular complexity index is 732. The molecule has 0 aliphatic heterocycles. The van der Waals surface area contributed by atoms with Crippen LogP contribution in [0.15, 0.2) is 42.0 Å². The maximum absolute atomic E-state index is 2.36. The third kappa shape index (κ3) is 1.61. The summed E-state index contributed by atoms with van der Waals surface area (Å²) in [5, 5.41) is 0. The van der Waals surface area contributed by atoms with Crippen molar-refractivity contribution in [1.82, 2.24) is 0 Å². The third-order valence-electron chi connectivity index (χ3n) is 5.09. The summed E-state index contributed by atoms with van der Waals surface area (Å²) in [5.74, 6) is 0. The zero-order valence-corrected chi connectivity index (χ0v) is 12.3. The normalized spacial score (nSPS) is 16.5. The van der Waals surface area contributed by atoms with Gasteiger partial charge in [-0.1, -0.05) is 42.0 Å². The fraction of sp³-hybridized carbons (Fsp3) is 0.300. The van der Waals surface area contributed by atoms with E-state index in [1.807, 2.05) is 0 Å². The van der Waals surface area contributed by atoms with Crippen LogP contribution in [-0.4, -0.2) is 0 Å². The summed E-state index contributed by atoms with van der Waals surface area (Å²) < 4.78 is 0. The van der Waals surface area contributed by atoms with Gasteiger partial charge < -0.3 is 0 Å². The predicted octanol–water partition coefficient (Wildman–Crippen LogP) is 5.52. The molecular weight excluding hydrogens is 240 g/mol. The van der Waals surface area contributed by atoms with Gasteiger partial charge in [0, 0.05) is 0 Å². The highest BCUT2D eigenvalue weighted by molar-refractivity contribution is 5.82. The molecule has 0 radical (unpaired) electrons. The van der Waals surface area contributed by atoms with Gasteiger partial charge in [-0.05, 0) is 78.5 Å². The first-order valence-corrected chi connectivity index (χ1v) is 7.65. The van der Waals surface area contributed by atoms with Crippen molar-refractivity contribution in [1.29, 1.82) is 0 Å². The van der Waals surface area contributed by atoms with Crippen molar-refractivity contribution >= 4 is 5.57 Å². The van der Waals surface area contributed by atoms with Crippen LogP contribution in [0.4, 0.5) is 0 Å². The van der Waals surface area contributed by atoms with E-state index in [-0.39, 0.29) is 0 Å². The Morgan fingerprint density at radius 2 is 1.60 bits per heavy atom. The smallest absolute Gasteiger partial charge is 0.00106 e. The number of hydrogen-bond acceptors (Lipinski definition) is 0. The van der Waals surface area contributed by atoms with E-state index in [2.05, 4.69) is 50.2 Å². The van der Waals surface area contributed by atoms with Crippen LogP contribution in [0, 0.1) is 6.92 Å². The molecule has 0 bridgehead atoms. The Hall–Kier alpha value is -1.82. The Morgan fingerprint density at radius 1 is 0.800 bits per heavy atom. The van der Waals surface area contributed by atoms with Crippen LogP contribution in [0.1, 0.15) is 48.4 Å². The fourth-order valence-electron chi connectivity index (χ4n) is 3.95. The summed E-state index contributed by atoms with van der Waals surface area (Å²) in [6.45, 7) is 4.63. The van der Waals surface area contributed by atoms with E-state index in [9.17, 15) is 0 Å². The molecule has 2 aliphatic carbocycles. The molecule has 0 nitrogen and oxygen atoms in total. The summed E-state index contributed by atoms with van der Waals surface area (Å²) in [7, 11) is 0. The van der Waals surface area contributed by atoms with Gasteiger partial charge in [0.1, 0.15) is 0 Å². The van der Waals surface area contributed by atoms with Crippen LogP contribution >= 0.6 is 0 Å². The maximum Gasteiger partial charge on any atom is -0.00106 e. The zero-order valence-electron chi connectivity index (χ0n) is 12.3. The van der Waals surface area contributed by atoms with Gasteiger partial charge in [0.2, 0.25) is 0 Å². The first-order valence-electron chi connectivity index (χ1n) is 7.65. The van der Waals surface area contributed by atoms with Gasteiger partial charge in [-0.2, -0.15) is 0 Å². The number of fused-ring (bicyclic) bond motifs is 3. The second kappa shape index (κ2) is 4.34. The molecule has 2 aromatic rings. The molecular formula is C20H20. The molecule has 0 aromatic heterocycles. The molecule has 0 amide bonds. The highest BCUT2D eigenvalue weighted by Crippen LogP contribution is 2.42. The highest BCUT2D eigenvalue weighted by atomic mass is 14.3. The van der Waals surface area contributed by atoms with Gasteiger partial charge in [-0.25, -0.2) is 0 Å². The van der Waals surface area contributed by atoms with Gasteiger partial charge in [0.25, 0.3) is 0 Å². The minimum Gasteiger partial charge on any atom is -0.0695 e. The molecule has 2 aliphatic rings. The molecule has 20 heavy (non-hydrogen) atoms. The largest absolute Gasteiger partial charge is 0.0695 e. The predicted molar refractivity (Wildman–Crippen MR) is 85.9 cm³/mol. The van der Waals surface area contributed by atoms with E-state index in [0.29, 0.717) is 0 Å². The Labute approximate surface area is 121 Å². The SMILES string of the molecule is CC1=C(c2ccc3c(c2C)Cc2ccccc2-3)CCC1. The van der Waals surface area contributed by atoms with Crippen LogP contribution in [-0.2, 0) is 6.42 Å². The molecule has 0 saturated carbocycles. The lowest BCUT2D eigenvalue weighted by atomic mass is 9.91. The summed E-state index contributed by atoms with van der Waals surface area (Å²) in [6.07, 6.45) is 4.99. The molecule has 100 valence electrons. The number of rotatable bonds is 1. The molecule has 0 atom stereocenters. The van der Waals surface area contributed by atoms with Crippen LogP contribution in [0.25, 0.3) is 16.7 Å². The highest BCUT2D eigenvalue weighted by Gasteiger charge is 2.23. The zero-order chi connectivity index (χ0) is 13.7. The lowest BCUT2D eigenvalue weighted by Crippen LogP contribution is -1.94. The molecule has 0 unspecified atom stereocenters. The first-order chi connectivity index (χ1) is 9.75. The van der Waals surface area contributed by atoms with Crippen LogP contribution in [0.5, 0.6) is 0 Å². The topological polar surface area (TPSA) is 0 Å². The summed E-state index contributed by atoms with van der Waals surface area (Å²) in [4.78, 5) is 0. The second-order valence-corrected chi connectivity index (χ2v) is 6.21. The number of benzene rings is 2. The van der Waals surface area contributed by atoms with Crippen LogP contribution in [0.2, 0.25) is 0 Å². The van der Waals surface area contributed by atoms with E-state index in [1.54, 1.807) is 16.7 Å². The quantitative estimate of drug-likeness (QED) is 0.540. The molecule has 4 rings (SSSR count). The van der Waals surface area contributed by atoms with Crippen molar-refractivity contribution in [3.05, 3.63) is 64.2 Å². The first kappa shape index (κ1) is 12.0. The molecule has 0 heteroatoms. The average molecular weight is 260 g/mol. The van der Waals surface area contributed by atoms with Gasteiger partial charge in [0.05, 0.1) is 0 Å². The molecule has 0 heterocycles. The molecule has 0 fully saturated rings. The maximum atomic E-state index is 2.36. The Morgan fingerprint density at radius 3 is 2.40 bits per heavy atom. The second-order valence-electron chi connectivity index (χ2n) is 6.21. The Balaban J connectivity index is 1.89. The molecule has 2 aromatic carbocycles. The van der Waals surface area contributed by atoms with Crippen molar-refractivity contribution in [3.8, 4) is 11.1 Å². The minimum absolute atomic E-state index is 1.11.